The molecule has 6 rings (SSSR count). The highest BCUT2D eigenvalue weighted by atomic mass is 32.2. The monoisotopic (exact) mass is 552 g/mol. The molecule has 0 amide bonds. The summed E-state index contributed by atoms with van der Waals surface area (Å²) in [6, 6.07) is 21.7. The van der Waals surface area contributed by atoms with Crippen LogP contribution in [-0.4, -0.2) is 54.5 Å². The lowest BCUT2D eigenvalue weighted by Crippen LogP contribution is -2.41. The van der Waals surface area contributed by atoms with Crippen LogP contribution in [0.3, 0.4) is 0 Å². The van der Waals surface area contributed by atoms with E-state index in [4.69, 9.17) is 4.74 Å². The molecule has 1 saturated heterocycles. The molecule has 4 aromatic rings. The minimum absolute atomic E-state index is 0.367. The van der Waals surface area contributed by atoms with Crippen LogP contribution in [0.5, 0.6) is 11.5 Å². The predicted octanol–water partition coefficient (Wildman–Crippen LogP) is 7.60. The van der Waals surface area contributed by atoms with Crippen molar-refractivity contribution >= 4 is 23.1 Å². The second-order valence-corrected chi connectivity index (χ2v) is 12.1. The first kappa shape index (κ1) is 26.8. The number of phenols is 2. The van der Waals surface area contributed by atoms with Crippen LogP contribution in [0.4, 0.5) is 11.4 Å². The second kappa shape index (κ2) is 10.8. The van der Waals surface area contributed by atoms with Gasteiger partial charge >= 0.3 is 0 Å². The number of hydrogen-bond acceptors (Lipinski definition) is 6. The number of aromatic hydroxyl groups is 2. The van der Waals surface area contributed by atoms with Gasteiger partial charge in [-0.2, -0.15) is 0 Å². The average Bonchev–Trinajstić information content (AvgIpc) is 2.96. The van der Waals surface area contributed by atoms with Gasteiger partial charge in [0, 0.05) is 36.0 Å². The lowest BCUT2D eigenvalue weighted by atomic mass is 9.98. The van der Waals surface area contributed by atoms with Crippen LogP contribution < -0.4 is 4.90 Å². The lowest BCUT2D eigenvalue weighted by molar-refractivity contribution is 0.0394. The topological polar surface area (TPSA) is 56.2 Å². The highest BCUT2D eigenvalue weighted by Gasteiger charge is 2.25. The summed E-state index contributed by atoms with van der Waals surface area (Å²) in [7, 11) is 0. The van der Waals surface area contributed by atoms with E-state index in [2.05, 4.69) is 70.5 Å². The van der Waals surface area contributed by atoms with Crippen LogP contribution in [0.1, 0.15) is 22.3 Å². The number of rotatable bonds is 5. The van der Waals surface area contributed by atoms with Crippen LogP contribution in [0, 0.1) is 27.7 Å². The zero-order valence-electron chi connectivity index (χ0n) is 23.6. The summed E-state index contributed by atoms with van der Waals surface area (Å²) in [5, 5.41) is 20.6. The summed E-state index contributed by atoms with van der Waals surface area (Å²) < 4.78 is 5.57. The minimum Gasteiger partial charge on any atom is -0.507 e. The molecule has 2 heterocycles. The molecule has 0 unspecified atom stereocenters. The number of benzene rings is 4. The molecule has 0 radical (unpaired) electrons. The van der Waals surface area contributed by atoms with Gasteiger partial charge in [0.1, 0.15) is 11.5 Å². The van der Waals surface area contributed by atoms with Gasteiger partial charge in [-0.05, 0) is 121 Å². The first-order valence-electron chi connectivity index (χ1n) is 13.9. The number of ether oxygens (including phenoxy) is 1. The van der Waals surface area contributed by atoms with E-state index >= 15 is 0 Å². The maximum atomic E-state index is 10.3. The normalized spacial score (nSPS) is 15.2. The van der Waals surface area contributed by atoms with Gasteiger partial charge in [0.15, 0.2) is 0 Å². The van der Waals surface area contributed by atoms with E-state index < -0.39 is 0 Å². The Labute approximate surface area is 241 Å². The SMILES string of the molecule is Cc1cc(-c2ccc3c(c2)Sc2cc(-c4cc(C)c(O)c(C)c4)ccc2N3CCN2CCOCC2)cc(C)c1O. The van der Waals surface area contributed by atoms with Gasteiger partial charge in [-0.3, -0.25) is 4.90 Å². The van der Waals surface area contributed by atoms with E-state index in [0.29, 0.717) is 11.5 Å². The molecule has 0 aromatic heterocycles. The second-order valence-electron chi connectivity index (χ2n) is 11.0. The van der Waals surface area contributed by atoms with Crippen LogP contribution in [0.2, 0.25) is 0 Å². The van der Waals surface area contributed by atoms with Crippen molar-refractivity contribution in [3.63, 3.8) is 0 Å². The first-order chi connectivity index (χ1) is 19.3. The highest BCUT2D eigenvalue weighted by molar-refractivity contribution is 7.99. The fourth-order valence-corrected chi connectivity index (χ4v) is 6.97. The van der Waals surface area contributed by atoms with E-state index in [1.165, 1.54) is 21.2 Å². The first-order valence-corrected chi connectivity index (χ1v) is 14.7. The number of hydrogen-bond donors (Lipinski definition) is 2. The number of morpholine rings is 1. The fourth-order valence-electron chi connectivity index (χ4n) is 5.80. The third kappa shape index (κ3) is 5.07. The third-order valence-corrected chi connectivity index (χ3v) is 9.21. The summed E-state index contributed by atoms with van der Waals surface area (Å²) >= 11 is 1.81. The van der Waals surface area contributed by atoms with Crippen LogP contribution >= 0.6 is 11.8 Å². The summed E-state index contributed by atoms with van der Waals surface area (Å²) in [5.41, 5.74) is 10.5. The third-order valence-electron chi connectivity index (χ3n) is 8.11. The Bertz CT molecular complexity index is 1440. The Kier molecular flexibility index (Phi) is 7.26. The Morgan fingerprint density at radius 2 is 1.07 bits per heavy atom. The largest absolute Gasteiger partial charge is 0.507 e. The van der Waals surface area contributed by atoms with E-state index in [1.807, 2.05) is 39.5 Å². The minimum atomic E-state index is 0.367. The molecule has 0 spiro atoms. The van der Waals surface area contributed by atoms with Crippen molar-refractivity contribution in [2.24, 2.45) is 0 Å². The molecule has 1 fully saturated rings. The Hall–Kier alpha value is -3.45. The maximum Gasteiger partial charge on any atom is 0.121 e. The average molecular weight is 553 g/mol. The van der Waals surface area contributed by atoms with Gasteiger partial charge in [-0.25, -0.2) is 0 Å². The zero-order valence-corrected chi connectivity index (χ0v) is 24.4. The fraction of sp³-hybridized carbons (Fsp3) is 0.294. The number of anilines is 2. The van der Waals surface area contributed by atoms with Crippen molar-refractivity contribution in [2.45, 2.75) is 37.5 Å². The maximum absolute atomic E-state index is 10.3. The summed E-state index contributed by atoms with van der Waals surface area (Å²) in [6.07, 6.45) is 0. The van der Waals surface area contributed by atoms with Crippen LogP contribution in [-0.2, 0) is 4.74 Å². The Morgan fingerprint density at radius 3 is 1.52 bits per heavy atom. The Balaban J connectivity index is 1.40. The molecule has 4 aromatic carbocycles. The number of phenolic OH excluding ortho intramolecular Hbond substituents is 2. The number of aryl methyl sites for hydroxylation is 4. The molecule has 206 valence electrons. The van der Waals surface area contributed by atoms with Gasteiger partial charge in [-0.15, -0.1) is 0 Å². The molecular weight excluding hydrogens is 516 g/mol. The van der Waals surface area contributed by atoms with Gasteiger partial charge < -0.3 is 19.8 Å². The zero-order chi connectivity index (χ0) is 28.0. The van der Waals surface area contributed by atoms with Crippen molar-refractivity contribution in [1.29, 1.82) is 0 Å². The van der Waals surface area contributed by atoms with E-state index in [0.717, 1.165) is 83.9 Å². The standard InChI is InChI=1S/C34H36N2O3S/c1-21-15-27(16-22(2)33(21)37)25-5-7-29-31(19-25)40-32-20-26(28-17-23(3)34(38)24(4)18-28)6-8-30(32)36(29)10-9-35-11-13-39-14-12-35/h5-8,15-20,37-38H,9-14H2,1-4H3. The Morgan fingerprint density at radius 1 is 0.625 bits per heavy atom. The van der Waals surface area contributed by atoms with Crippen molar-refractivity contribution < 1.29 is 14.9 Å². The van der Waals surface area contributed by atoms with E-state index in [-0.39, 0.29) is 0 Å². The molecule has 2 aliphatic heterocycles. The number of nitrogens with zero attached hydrogens (tertiary/aromatic N) is 2. The smallest absolute Gasteiger partial charge is 0.121 e. The molecule has 6 heteroatoms. The van der Waals surface area contributed by atoms with Crippen molar-refractivity contribution in [1.82, 2.24) is 4.90 Å². The summed E-state index contributed by atoms with van der Waals surface area (Å²) in [6.45, 7) is 13.2. The van der Waals surface area contributed by atoms with Gasteiger partial charge in [0.05, 0.1) is 24.6 Å². The number of fused-ring (bicyclic) bond motifs is 2. The molecule has 0 saturated carbocycles. The van der Waals surface area contributed by atoms with Crippen molar-refractivity contribution in [2.75, 3.05) is 44.3 Å². The molecule has 40 heavy (non-hydrogen) atoms. The molecule has 0 atom stereocenters. The van der Waals surface area contributed by atoms with E-state index in [1.54, 1.807) is 0 Å². The molecule has 2 N–H and O–H groups in total. The van der Waals surface area contributed by atoms with Crippen LogP contribution in [0.25, 0.3) is 22.3 Å². The molecule has 2 aliphatic rings. The summed E-state index contributed by atoms with van der Waals surface area (Å²) in [4.78, 5) is 7.40. The quantitative estimate of drug-likeness (QED) is 0.266. The van der Waals surface area contributed by atoms with Crippen molar-refractivity contribution in [3.8, 4) is 33.8 Å². The predicted molar refractivity (Wildman–Crippen MR) is 164 cm³/mol. The van der Waals surface area contributed by atoms with Gasteiger partial charge in [0.25, 0.3) is 0 Å². The molecule has 0 bridgehead atoms. The van der Waals surface area contributed by atoms with E-state index in [9.17, 15) is 10.2 Å². The molecular formula is C34H36N2O3S. The highest BCUT2D eigenvalue weighted by Crippen LogP contribution is 2.50. The lowest BCUT2D eigenvalue weighted by Gasteiger charge is -2.36. The molecule has 5 nitrogen and oxygen atoms in total. The molecule has 0 aliphatic carbocycles. The van der Waals surface area contributed by atoms with Gasteiger partial charge in [0.2, 0.25) is 0 Å². The summed E-state index contributed by atoms with van der Waals surface area (Å²) in [5.74, 6) is 0.734. The van der Waals surface area contributed by atoms with Crippen molar-refractivity contribution in [3.05, 3.63) is 82.9 Å². The van der Waals surface area contributed by atoms with Crippen LogP contribution in [0.15, 0.2) is 70.5 Å². The van der Waals surface area contributed by atoms with Gasteiger partial charge in [-0.1, -0.05) is 23.9 Å².